The zero-order valence-corrected chi connectivity index (χ0v) is 13.5. The highest BCUT2D eigenvalue weighted by atomic mass is 32.2. The molecule has 0 aliphatic carbocycles. The standard InChI is InChI=1S/C15H18N4O2S/c1-3-5-14-17-13(18-21-14)10-22(20)9-12-8-19-7-4-6-11(2)15(19)16-12/h4,6-8H,3,5,9-10H2,1-2H3. The molecule has 0 radical (unpaired) electrons. The van der Waals surface area contributed by atoms with Crippen LogP contribution >= 0.6 is 0 Å². The maximum atomic E-state index is 12.3. The van der Waals surface area contributed by atoms with Gasteiger partial charge in [-0.25, -0.2) is 4.98 Å². The monoisotopic (exact) mass is 318 g/mol. The van der Waals surface area contributed by atoms with Crippen LogP contribution in [0.4, 0.5) is 0 Å². The van der Waals surface area contributed by atoms with Crippen LogP contribution in [0.1, 0.15) is 36.3 Å². The molecule has 3 aromatic heterocycles. The van der Waals surface area contributed by atoms with Gasteiger partial charge in [0.25, 0.3) is 0 Å². The first-order chi connectivity index (χ1) is 10.7. The normalized spacial score (nSPS) is 12.8. The van der Waals surface area contributed by atoms with Crippen molar-refractivity contribution in [3.8, 4) is 0 Å². The van der Waals surface area contributed by atoms with Gasteiger partial charge < -0.3 is 8.92 Å². The number of nitrogens with zero attached hydrogens (tertiary/aromatic N) is 4. The number of imidazole rings is 1. The van der Waals surface area contributed by atoms with Gasteiger partial charge in [0.2, 0.25) is 5.89 Å². The molecule has 1 unspecified atom stereocenters. The average Bonchev–Trinajstić information content (AvgIpc) is 3.06. The molecule has 0 fully saturated rings. The van der Waals surface area contributed by atoms with Crippen LogP contribution in [0.25, 0.3) is 5.65 Å². The molecule has 1 atom stereocenters. The molecule has 22 heavy (non-hydrogen) atoms. The van der Waals surface area contributed by atoms with Crippen molar-refractivity contribution in [3.63, 3.8) is 0 Å². The summed E-state index contributed by atoms with van der Waals surface area (Å²) in [6, 6.07) is 3.98. The fourth-order valence-corrected chi connectivity index (χ4v) is 3.27. The average molecular weight is 318 g/mol. The lowest BCUT2D eigenvalue weighted by atomic mass is 10.3. The third kappa shape index (κ3) is 3.24. The number of hydrogen-bond donors (Lipinski definition) is 0. The van der Waals surface area contributed by atoms with Crippen LogP contribution in [-0.4, -0.2) is 23.7 Å². The predicted octanol–water partition coefficient (Wildman–Crippen LogP) is 2.43. The van der Waals surface area contributed by atoms with Crippen molar-refractivity contribution in [2.24, 2.45) is 0 Å². The van der Waals surface area contributed by atoms with Crippen molar-refractivity contribution >= 4 is 16.4 Å². The second kappa shape index (κ2) is 6.39. The lowest BCUT2D eigenvalue weighted by Gasteiger charge is -1.95. The van der Waals surface area contributed by atoms with Gasteiger partial charge in [0.05, 0.1) is 17.2 Å². The Morgan fingerprint density at radius 1 is 1.32 bits per heavy atom. The molecule has 116 valence electrons. The predicted molar refractivity (Wildman–Crippen MR) is 83.8 cm³/mol. The van der Waals surface area contributed by atoms with Crippen LogP contribution in [-0.2, 0) is 28.7 Å². The van der Waals surface area contributed by atoms with Crippen molar-refractivity contribution in [1.29, 1.82) is 0 Å². The van der Waals surface area contributed by atoms with E-state index in [1.54, 1.807) is 0 Å². The molecule has 0 spiro atoms. The molecule has 0 aliphatic rings. The first kappa shape index (κ1) is 14.9. The lowest BCUT2D eigenvalue weighted by molar-refractivity contribution is 0.373. The van der Waals surface area contributed by atoms with Crippen LogP contribution in [0.5, 0.6) is 0 Å². The minimum Gasteiger partial charge on any atom is -0.339 e. The van der Waals surface area contributed by atoms with E-state index in [-0.39, 0.29) is 0 Å². The first-order valence-electron chi connectivity index (χ1n) is 7.25. The first-order valence-corrected chi connectivity index (χ1v) is 8.74. The zero-order chi connectivity index (χ0) is 15.5. The highest BCUT2D eigenvalue weighted by Crippen LogP contribution is 2.12. The van der Waals surface area contributed by atoms with Crippen molar-refractivity contribution in [2.45, 2.75) is 38.2 Å². The zero-order valence-electron chi connectivity index (χ0n) is 12.7. The Morgan fingerprint density at radius 3 is 2.95 bits per heavy atom. The summed E-state index contributed by atoms with van der Waals surface area (Å²) in [6.45, 7) is 4.06. The van der Waals surface area contributed by atoms with Crippen molar-refractivity contribution in [3.05, 3.63) is 47.5 Å². The van der Waals surface area contributed by atoms with E-state index in [2.05, 4.69) is 15.1 Å². The fourth-order valence-electron chi connectivity index (χ4n) is 2.30. The van der Waals surface area contributed by atoms with E-state index in [9.17, 15) is 4.21 Å². The maximum Gasteiger partial charge on any atom is 0.226 e. The Bertz CT molecular complexity index is 809. The number of pyridine rings is 1. The Kier molecular flexibility index (Phi) is 4.33. The molecule has 0 saturated carbocycles. The summed E-state index contributed by atoms with van der Waals surface area (Å²) in [5, 5.41) is 3.87. The third-order valence-corrected chi connectivity index (χ3v) is 4.50. The van der Waals surface area contributed by atoms with E-state index >= 15 is 0 Å². The summed E-state index contributed by atoms with van der Waals surface area (Å²) < 4.78 is 19.3. The fraction of sp³-hybridized carbons (Fsp3) is 0.400. The van der Waals surface area contributed by atoms with E-state index in [0.717, 1.165) is 29.7 Å². The lowest BCUT2D eigenvalue weighted by Crippen LogP contribution is -2.01. The molecule has 0 saturated heterocycles. The van der Waals surface area contributed by atoms with E-state index in [1.807, 2.05) is 42.8 Å². The molecule has 0 amide bonds. The number of fused-ring (bicyclic) bond motifs is 1. The van der Waals surface area contributed by atoms with Gasteiger partial charge >= 0.3 is 0 Å². The molecule has 0 aliphatic heterocycles. The Hall–Kier alpha value is -2.02. The molecule has 3 aromatic rings. The summed E-state index contributed by atoms with van der Waals surface area (Å²) in [6.07, 6.45) is 5.56. The van der Waals surface area contributed by atoms with Crippen LogP contribution in [0, 0.1) is 6.92 Å². The molecule has 3 rings (SSSR count). The van der Waals surface area contributed by atoms with E-state index in [1.165, 1.54) is 0 Å². The summed E-state index contributed by atoms with van der Waals surface area (Å²) in [5.74, 6) is 1.79. The van der Waals surface area contributed by atoms with Gasteiger partial charge in [0, 0.05) is 29.6 Å². The van der Waals surface area contributed by atoms with Gasteiger partial charge in [-0.3, -0.25) is 4.21 Å². The summed E-state index contributed by atoms with van der Waals surface area (Å²) in [5.41, 5.74) is 2.81. The van der Waals surface area contributed by atoms with Crippen LogP contribution < -0.4 is 0 Å². The smallest absolute Gasteiger partial charge is 0.226 e. The van der Waals surface area contributed by atoms with E-state index < -0.39 is 10.8 Å². The minimum atomic E-state index is -1.11. The second-order valence-corrected chi connectivity index (χ2v) is 6.69. The Labute approximate surface area is 131 Å². The van der Waals surface area contributed by atoms with Gasteiger partial charge in [0.15, 0.2) is 5.82 Å². The van der Waals surface area contributed by atoms with E-state index in [4.69, 9.17) is 4.52 Å². The Balaban J connectivity index is 1.68. The molecule has 6 nitrogen and oxygen atoms in total. The van der Waals surface area contributed by atoms with Crippen molar-refractivity contribution in [1.82, 2.24) is 19.5 Å². The van der Waals surface area contributed by atoms with Crippen LogP contribution in [0.3, 0.4) is 0 Å². The number of hydrogen-bond acceptors (Lipinski definition) is 5. The highest BCUT2D eigenvalue weighted by molar-refractivity contribution is 7.83. The maximum absolute atomic E-state index is 12.3. The van der Waals surface area contributed by atoms with Crippen molar-refractivity contribution in [2.75, 3.05) is 0 Å². The molecule has 3 heterocycles. The van der Waals surface area contributed by atoms with Gasteiger partial charge in [-0.15, -0.1) is 0 Å². The van der Waals surface area contributed by atoms with Gasteiger partial charge in [0.1, 0.15) is 5.65 Å². The second-order valence-electron chi connectivity index (χ2n) is 5.24. The molecule has 0 N–H and O–H groups in total. The largest absolute Gasteiger partial charge is 0.339 e. The minimum absolute atomic E-state index is 0.292. The van der Waals surface area contributed by atoms with Gasteiger partial charge in [-0.1, -0.05) is 18.1 Å². The summed E-state index contributed by atoms with van der Waals surface area (Å²) in [7, 11) is -1.11. The highest BCUT2D eigenvalue weighted by Gasteiger charge is 2.12. The number of aromatic nitrogens is 4. The molecule has 7 heteroatoms. The summed E-state index contributed by atoms with van der Waals surface area (Å²) in [4.78, 5) is 8.78. The SMILES string of the molecule is CCCc1nc(CS(=O)Cc2cn3cccc(C)c3n2)no1. The molecular formula is C15H18N4O2S. The topological polar surface area (TPSA) is 73.3 Å². The summed E-state index contributed by atoms with van der Waals surface area (Å²) >= 11 is 0. The van der Waals surface area contributed by atoms with Gasteiger partial charge in [-0.2, -0.15) is 4.98 Å². The number of rotatable bonds is 6. The quantitative estimate of drug-likeness (QED) is 0.698. The Morgan fingerprint density at radius 2 is 2.18 bits per heavy atom. The van der Waals surface area contributed by atoms with Crippen molar-refractivity contribution < 1.29 is 8.73 Å². The van der Waals surface area contributed by atoms with Crippen LogP contribution in [0.2, 0.25) is 0 Å². The van der Waals surface area contributed by atoms with Crippen LogP contribution in [0.15, 0.2) is 29.0 Å². The van der Waals surface area contributed by atoms with E-state index in [0.29, 0.717) is 23.2 Å². The van der Waals surface area contributed by atoms with Gasteiger partial charge in [-0.05, 0) is 25.0 Å². The number of aryl methyl sites for hydroxylation is 2. The third-order valence-electron chi connectivity index (χ3n) is 3.30. The molecule has 0 aromatic carbocycles. The molecule has 0 bridgehead atoms. The molecular weight excluding hydrogens is 300 g/mol.